The summed E-state index contributed by atoms with van der Waals surface area (Å²) in [7, 11) is 3.34. The Morgan fingerprint density at radius 3 is 2.61 bits per heavy atom. The van der Waals surface area contributed by atoms with E-state index in [1.54, 1.807) is 14.2 Å². The molecular weight excluding hydrogens is 228 g/mol. The molecule has 2 rings (SSSR count). The van der Waals surface area contributed by atoms with Gasteiger partial charge < -0.3 is 14.5 Å². The SMILES string of the molecule is CONCc1cc(OC)ccc1N1CCCCC1. The van der Waals surface area contributed by atoms with Gasteiger partial charge in [0.25, 0.3) is 0 Å². The van der Waals surface area contributed by atoms with Crippen molar-refractivity contribution in [2.24, 2.45) is 0 Å². The third-order valence-electron chi connectivity index (χ3n) is 3.39. The fraction of sp³-hybridized carbons (Fsp3) is 0.571. The van der Waals surface area contributed by atoms with Gasteiger partial charge in [-0.25, -0.2) is 0 Å². The van der Waals surface area contributed by atoms with Crippen LogP contribution in [0.15, 0.2) is 18.2 Å². The molecule has 1 heterocycles. The van der Waals surface area contributed by atoms with E-state index in [1.165, 1.54) is 30.5 Å². The van der Waals surface area contributed by atoms with Gasteiger partial charge in [-0.15, -0.1) is 0 Å². The predicted octanol–water partition coefficient (Wildman–Crippen LogP) is 2.34. The van der Waals surface area contributed by atoms with Gasteiger partial charge in [-0.1, -0.05) is 0 Å². The molecule has 100 valence electrons. The van der Waals surface area contributed by atoms with Gasteiger partial charge in [0.1, 0.15) is 5.75 Å². The van der Waals surface area contributed by atoms with Crippen LogP contribution in [-0.2, 0) is 11.4 Å². The number of anilines is 1. The predicted molar refractivity (Wildman–Crippen MR) is 72.9 cm³/mol. The number of nitrogens with zero attached hydrogens (tertiary/aromatic N) is 1. The maximum Gasteiger partial charge on any atom is 0.119 e. The highest BCUT2D eigenvalue weighted by Crippen LogP contribution is 2.27. The largest absolute Gasteiger partial charge is 0.497 e. The molecule has 0 unspecified atom stereocenters. The third kappa shape index (κ3) is 3.15. The molecule has 4 nitrogen and oxygen atoms in total. The first-order valence-electron chi connectivity index (χ1n) is 6.53. The number of ether oxygens (including phenoxy) is 1. The van der Waals surface area contributed by atoms with E-state index in [1.807, 2.05) is 6.07 Å². The van der Waals surface area contributed by atoms with E-state index in [0.717, 1.165) is 18.8 Å². The van der Waals surface area contributed by atoms with Gasteiger partial charge in [0, 0.05) is 25.3 Å². The molecule has 0 bridgehead atoms. The molecule has 0 radical (unpaired) electrons. The van der Waals surface area contributed by atoms with Crippen LogP contribution in [0.25, 0.3) is 0 Å². The van der Waals surface area contributed by atoms with Gasteiger partial charge >= 0.3 is 0 Å². The molecule has 18 heavy (non-hydrogen) atoms. The Balaban J connectivity index is 2.20. The van der Waals surface area contributed by atoms with E-state index in [0.29, 0.717) is 6.54 Å². The van der Waals surface area contributed by atoms with Gasteiger partial charge in [-0.3, -0.25) is 0 Å². The minimum atomic E-state index is 0.694. The number of hydroxylamine groups is 1. The van der Waals surface area contributed by atoms with Crippen LogP contribution in [0, 0.1) is 0 Å². The molecule has 1 N–H and O–H groups in total. The lowest BCUT2D eigenvalue weighted by Crippen LogP contribution is -2.30. The molecule has 0 spiro atoms. The van der Waals surface area contributed by atoms with Crippen LogP contribution in [0.3, 0.4) is 0 Å². The number of nitrogens with one attached hydrogen (secondary N) is 1. The van der Waals surface area contributed by atoms with E-state index >= 15 is 0 Å². The van der Waals surface area contributed by atoms with Gasteiger partial charge in [0.05, 0.1) is 14.2 Å². The molecule has 1 aromatic rings. The maximum atomic E-state index is 5.29. The van der Waals surface area contributed by atoms with Crippen molar-refractivity contribution in [1.82, 2.24) is 5.48 Å². The highest BCUT2D eigenvalue weighted by atomic mass is 16.6. The Kier molecular flexibility index (Phi) is 4.84. The minimum absolute atomic E-state index is 0.694. The van der Waals surface area contributed by atoms with Gasteiger partial charge in [0.2, 0.25) is 0 Å². The molecule has 0 aliphatic carbocycles. The van der Waals surface area contributed by atoms with Gasteiger partial charge in [0.15, 0.2) is 0 Å². The van der Waals surface area contributed by atoms with Crippen molar-refractivity contribution in [2.75, 3.05) is 32.2 Å². The van der Waals surface area contributed by atoms with E-state index in [-0.39, 0.29) is 0 Å². The van der Waals surface area contributed by atoms with Crippen LogP contribution < -0.4 is 15.1 Å². The number of methoxy groups -OCH3 is 1. The molecule has 4 heteroatoms. The average Bonchev–Trinajstić information content (AvgIpc) is 2.45. The molecule has 1 saturated heterocycles. The number of benzene rings is 1. The van der Waals surface area contributed by atoms with Crippen molar-refractivity contribution >= 4 is 5.69 Å². The lowest BCUT2D eigenvalue weighted by atomic mass is 10.1. The van der Waals surface area contributed by atoms with Crippen LogP contribution in [0.2, 0.25) is 0 Å². The van der Waals surface area contributed by atoms with E-state index in [2.05, 4.69) is 22.5 Å². The Morgan fingerprint density at radius 1 is 1.17 bits per heavy atom. The standard InChI is InChI=1S/C14H22N2O2/c1-17-13-6-7-14(12(10-13)11-15-18-2)16-8-4-3-5-9-16/h6-7,10,15H,3-5,8-9,11H2,1-2H3. The summed E-state index contributed by atoms with van der Waals surface area (Å²) in [6.45, 7) is 2.98. The third-order valence-corrected chi connectivity index (χ3v) is 3.39. The lowest BCUT2D eigenvalue weighted by molar-refractivity contribution is 0.0867. The Hall–Kier alpha value is -1.26. The molecule has 1 aliphatic heterocycles. The summed E-state index contributed by atoms with van der Waals surface area (Å²) < 4.78 is 5.29. The highest BCUT2D eigenvalue weighted by molar-refractivity contribution is 5.56. The van der Waals surface area contributed by atoms with Crippen molar-refractivity contribution in [3.63, 3.8) is 0 Å². The quantitative estimate of drug-likeness (QED) is 0.813. The van der Waals surface area contributed by atoms with Crippen LogP contribution in [0.5, 0.6) is 5.75 Å². The molecule has 0 atom stereocenters. The lowest BCUT2D eigenvalue weighted by Gasteiger charge is -2.30. The normalized spacial score (nSPS) is 15.8. The molecule has 0 amide bonds. The zero-order valence-corrected chi connectivity index (χ0v) is 11.2. The van der Waals surface area contributed by atoms with Crippen molar-refractivity contribution in [3.05, 3.63) is 23.8 Å². The average molecular weight is 250 g/mol. The number of hydrogen-bond acceptors (Lipinski definition) is 4. The highest BCUT2D eigenvalue weighted by Gasteiger charge is 2.14. The molecule has 0 aromatic heterocycles. The molecular formula is C14H22N2O2. The van der Waals surface area contributed by atoms with E-state index in [9.17, 15) is 0 Å². The zero-order chi connectivity index (χ0) is 12.8. The van der Waals surface area contributed by atoms with Crippen LogP contribution in [-0.4, -0.2) is 27.3 Å². The van der Waals surface area contributed by atoms with Crippen molar-refractivity contribution in [1.29, 1.82) is 0 Å². The van der Waals surface area contributed by atoms with E-state index in [4.69, 9.17) is 9.57 Å². The fourth-order valence-electron chi connectivity index (χ4n) is 2.42. The first-order chi connectivity index (χ1) is 8.85. The van der Waals surface area contributed by atoms with Crippen molar-refractivity contribution < 1.29 is 9.57 Å². The van der Waals surface area contributed by atoms with Crippen molar-refractivity contribution in [2.45, 2.75) is 25.8 Å². The van der Waals surface area contributed by atoms with Crippen LogP contribution in [0.4, 0.5) is 5.69 Å². The summed E-state index contributed by atoms with van der Waals surface area (Å²) in [5, 5.41) is 0. The second-order valence-corrected chi connectivity index (χ2v) is 4.57. The number of hydrogen-bond donors (Lipinski definition) is 1. The molecule has 1 aromatic carbocycles. The van der Waals surface area contributed by atoms with Gasteiger partial charge in [-0.2, -0.15) is 5.48 Å². The van der Waals surface area contributed by atoms with Crippen molar-refractivity contribution in [3.8, 4) is 5.75 Å². The van der Waals surface area contributed by atoms with Crippen LogP contribution in [0.1, 0.15) is 24.8 Å². The summed E-state index contributed by atoms with van der Waals surface area (Å²) in [6.07, 6.45) is 3.91. The fourth-order valence-corrected chi connectivity index (χ4v) is 2.42. The second kappa shape index (κ2) is 6.61. The number of piperidine rings is 1. The summed E-state index contributed by atoms with van der Waals surface area (Å²) in [5.74, 6) is 0.892. The molecule has 1 aliphatic rings. The molecule has 0 saturated carbocycles. The van der Waals surface area contributed by atoms with Gasteiger partial charge in [-0.05, 0) is 43.0 Å². The topological polar surface area (TPSA) is 33.7 Å². The number of rotatable bonds is 5. The Labute approximate surface area is 109 Å². The maximum absolute atomic E-state index is 5.29. The Morgan fingerprint density at radius 2 is 1.94 bits per heavy atom. The van der Waals surface area contributed by atoms with Crippen LogP contribution >= 0.6 is 0 Å². The Bertz CT molecular complexity index is 376. The first-order valence-corrected chi connectivity index (χ1v) is 6.53. The van der Waals surface area contributed by atoms with E-state index < -0.39 is 0 Å². The minimum Gasteiger partial charge on any atom is -0.497 e. The monoisotopic (exact) mass is 250 g/mol. The summed E-state index contributed by atoms with van der Waals surface area (Å²) in [6, 6.07) is 6.26. The smallest absolute Gasteiger partial charge is 0.119 e. The molecule has 1 fully saturated rings. The summed E-state index contributed by atoms with van der Waals surface area (Å²) >= 11 is 0. The summed E-state index contributed by atoms with van der Waals surface area (Å²) in [5.41, 5.74) is 5.43. The zero-order valence-electron chi connectivity index (χ0n) is 11.2. The first kappa shape index (κ1) is 13.2. The summed E-state index contributed by atoms with van der Waals surface area (Å²) in [4.78, 5) is 7.41. The second-order valence-electron chi connectivity index (χ2n) is 4.57.